The first-order chi connectivity index (χ1) is 11.3. The number of hydrogen-bond acceptors (Lipinski definition) is 3. The van der Waals surface area contributed by atoms with Crippen molar-refractivity contribution in [3.8, 4) is 17.2 Å². The van der Waals surface area contributed by atoms with Crippen molar-refractivity contribution < 1.29 is 9.15 Å². The van der Waals surface area contributed by atoms with Gasteiger partial charge in [-0.15, -0.1) is 0 Å². The zero-order valence-electron chi connectivity index (χ0n) is 13.2. The van der Waals surface area contributed by atoms with Crippen molar-refractivity contribution in [1.82, 2.24) is 4.98 Å². The molecule has 0 atom stereocenters. The minimum atomic E-state index is 0.620. The highest BCUT2D eigenvalue weighted by Crippen LogP contribution is 2.28. The Morgan fingerprint density at radius 2 is 2.00 bits per heavy atom. The Bertz CT molecular complexity index is 782. The van der Waals surface area contributed by atoms with Gasteiger partial charge in [-0.05, 0) is 42.8 Å². The molecular weight excluding hydrogens is 354 g/mol. The highest BCUT2D eigenvalue weighted by molar-refractivity contribution is 9.10. The average Bonchev–Trinajstić information content (AvgIpc) is 2.98. The van der Waals surface area contributed by atoms with Crippen molar-refractivity contribution in [2.24, 2.45) is 0 Å². The Kier molecular flexibility index (Phi) is 5.34. The van der Waals surface area contributed by atoms with Gasteiger partial charge < -0.3 is 9.15 Å². The van der Waals surface area contributed by atoms with Gasteiger partial charge in [-0.3, -0.25) is 0 Å². The second-order valence-corrected chi connectivity index (χ2v) is 6.48. The van der Waals surface area contributed by atoms with Crippen LogP contribution in [0.1, 0.15) is 32.6 Å². The van der Waals surface area contributed by atoms with Crippen LogP contribution in [0.5, 0.6) is 5.75 Å². The number of aromatic nitrogens is 1. The first kappa shape index (κ1) is 16.1. The summed E-state index contributed by atoms with van der Waals surface area (Å²) in [5, 5.41) is 0. The molecule has 23 heavy (non-hydrogen) atoms. The molecule has 0 spiro atoms. The molecule has 0 unspecified atom stereocenters. The Morgan fingerprint density at radius 3 is 2.87 bits per heavy atom. The van der Waals surface area contributed by atoms with Gasteiger partial charge in [0.05, 0.1) is 6.61 Å². The third kappa shape index (κ3) is 4.14. The van der Waals surface area contributed by atoms with Gasteiger partial charge in [0.1, 0.15) is 11.3 Å². The van der Waals surface area contributed by atoms with Crippen LogP contribution in [0.3, 0.4) is 0 Å². The van der Waals surface area contributed by atoms with Crippen molar-refractivity contribution in [2.45, 2.75) is 32.6 Å². The number of benzene rings is 2. The number of ether oxygens (including phenoxy) is 1. The predicted molar refractivity (Wildman–Crippen MR) is 96.8 cm³/mol. The highest BCUT2D eigenvalue weighted by atomic mass is 79.9. The zero-order chi connectivity index (χ0) is 16.1. The van der Waals surface area contributed by atoms with Crippen LogP contribution in [-0.4, -0.2) is 11.6 Å². The Morgan fingerprint density at radius 1 is 1.09 bits per heavy atom. The van der Waals surface area contributed by atoms with Crippen LogP contribution in [0.4, 0.5) is 0 Å². The summed E-state index contributed by atoms with van der Waals surface area (Å²) < 4.78 is 12.7. The number of oxazole rings is 1. The molecule has 0 aliphatic heterocycles. The molecule has 0 amide bonds. The fraction of sp³-hybridized carbons (Fsp3) is 0.316. The molecule has 0 saturated carbocycles. The number of halogens is 1. The van der Waals surface area contributed by atoms with Crippen LogP contribution in [0.25, 0.3) is 22.6 Å². The van der Waals surface area contributed by atoms with E-state index in [1.165, 1.54) is 19.3 Å². The summed E-state index contributed by atoms with van der Waals surface area (Å²) in [6.45, 7) is 2.97. The Hall–Kier alpha value is -1.81. The Labute approximate surface area is 144 Å². The topological polar surface area (TPSA) is 35.3 Å². The minimum absolute atomic E-state index is 0.620. The molecule has 3 rings (SSSR count). The normalized spacial score (nSPS) is 11.0. The predicted octanol–water partition coefficient (Wildman–Crippen LogP) is 6.22. The van der Waals surface area contributed by atoms with E-state index in [-0.39, 0.29) is 0 Å². The molecule has 0 radical (unpaired) electrons. The lowest BCUT2D eigenvalue weighted by atomic mass is 10.2. The van der Waals surface area contributed by atoms with Gasteiger partial charge in [0.2, 0.25) is 5.89 Å². The molecule has 0 bridgehead atoms. The van der Waals surface area contributed by atoms with Crippen LogP contribution in [0, 0.1) is 0 Å². The second-order valence-electron chi connectivity index (χ2n) is 5.57. The molecule has 0 N–H and O–H groups in total. The van der Waals surface area contributed by atoms with Gasteiger partial charge in [-0.2, -0.15) is 0 Å². The molecule has 3 nitrogen and oxygen atoms in total. The number of fused-ring (bicyclic) bond motifs is 1. The molecule has 120 valence electrons. The summed E-state index contributed by atoms with van der Waals surface area (Å²) in [4.78, 5) is 4.54. The van der Waals surface area contributed by atoms with Crippen molar-refractivity contribution in [1.29, 1.82) is 0 Å². The van der Waals surface area contributed by atoms with Crippen LogP contribution in [-0.2, 0) is 0 Å². The van der Waals surface area contributed by atoms with Crippen LogP contribution in [0.15, 0.2) is 51.4 Å². The standard InChI is InChI=1S/C19H20BrNO2/c1-2-3-4-5-11-22-16-8-6-7-14(12-16)19-21-17-10-9-15(20)13-18(17)23-19/h6-10,12-13H,2-5,11H2,1H3. The highest BCUT2D eigenvalue weighted by Gasteiger charge is 2.09. The van der Waals surface area contributed by atoms with Crippen molar-refractivity contribution in [3.63, 3.8) is 0 Å². The van der Waals surface area contributed by atoms with Crippen LogP contribution >= 0.6 is 15.9 Å². The maximum Gasteiger partial charge on any atom is 0.227 e. The van der Waals surface area contributed by atoms with E-state index in [1.807, 2.05) is 42.5 Å². The van der Waals surface area contributed by atoms with Gasteiger partial charge in [0.15, 0.2) is 5.58 Å². The third-order valence-electron chi connectivity index (χ3n) is 3.70. The van der Waals surface area contributed by atoms with E-state index < -0.39 is 0 Å². The number of rotatable bonds is 7. The average molecular weight is 374 g/mol. The lowest BCUT2D eigenvalue weighted by Crippen LogP contribution is -1.97. The molecule has 0 saturated heterocycles. The van der Waals surface area contributed by atoms with Gasteiger partial charge in [-0.25, -0.2) is 4.98 Å². The fourth-order valence-corrected chi connectivity index (χ4v) is 2.80. The molecule has 1 heterocycles. The monoisotopic (exact) mass is 373 g/mol. The maximum absolute atomic E-state index is 5.85. The Balaban J connectivity index is 1.73. The summed E-state index contributed by atoms with van der Waals surface area (Å²) in [6, 6.07) is 13.8. The molecule has 4 heteroatoms. The maximum atomic E-state index is 5.85. The summed E-state index contributed by atoms with van der Waals surface area (Å²) in [6.07, 6.45) is 4.82. The summed E-state index contributed by atoms with van der Waals surface area (Å²) >= 11 is 3.45. The number of hydrogen-bond donors (Lipinski definition) is 0. The quantitative estimate of drug-likeness (QED) is 0.461. The van der Waals surface area contributed by atoms with E-state index in [0.29, 0.717) is 5.89 Å². The van der Waals surface area contributed by atoms with E-state index in [2.05, 4.69) is 27.8 Å². The molecule has 2 aromatic carbocycles. The molecule has 0 aliphatic rings. The van der Waals surface area contributed by atoms with Crippen molar-refractivity contribution >= 4 is 27.0 Å². The van der Waals surface area contributed by atoms with Gasteiger partial charge in [0, 0.05) is 10.0 Å². The van der Waals surface area contributed by atoms with Gasteiger partial charge >= 0.3 is 0 Å². The first-order valence-corrected chi connectivity index (χ1v) is 8.85. The summed E-state index contributed by atoms with van der Waals surface area (Å²) in [5.41, 5.74) is 2.57. The van der Waals surface area contributed by atoms with Crippen molar-refractivity contribution in [3.05, 3.63) is 46.9 Å². The van der Waals surface area contributed by atoms with Gasteiger partial charge in [0.25, 0.3) is 0 Å². The van der Waals surface area contributed by atoms with E-state index in [9.17, 15) is 0 Å². The largest absolute Gasteiger partial charge is 0.494 e. The summed E-state index contributed by atoms with van der Waals surface area (Å²) in [5.74, 6) is 1.48. The molecule has 0 aliphatic carbocycles. The lowest BCUT2D eigenvalue weighted by molar-refractivity contribution is 0.305. The molecule has 3 aromatic rings. The summed E-state index contributed by atoms with van der Waals surface area (Å²) in [7, 11) is 0. The zero-order valence-corrected chi connectivity index (χ0v) is 14.8. The van der Waals surface area contributed by atoms with E-state index >= 15 is 0 Å². The van der Waals surface area contributed by atoms with E-state index in [0.717, 1.165) is 39.9 Å². The molecular formula is C19H20BrNO2. The smallest absolute Gasteiger partial charge is 0.227 e. The van der Waals surface area contributed by atoms with E-state index in [4.69, 9.17) is 9.15 Å². The third-order valence-corrected chi connectivity index (χ3v) is 4.19. The van der Waals surface area contributed by atoms with Gasteiger partial charge in [-0.1, -0.05) is 48.2 Å². The SMILES string of the molecule is CCCCCCOc1cccc(-c2nc3ccc(Br)cc3o2)c1. The minimum Gasteiger partial charge on any atom is -0.494 e. The number of unbranched alkanes of at least 4 members (excludes halogenated alkanes) is 3. The first-order valence-electron chi connectivity index (χ1n) is 8.05. The van der Waals surface area contributed by atoms with Crippen molar-refractivity contribution in [2.75, 3.05) is 6.61 Å². The lowest BCUT2D eigenvalue weighted by Gasteiger charge is -2.06. The number of nitrogens with zero attached hydrogens (tertiary/aromatic N) is 1. The molecule has 0 fully saturated rings. The fourth-order valence-electron chi connectivity index (χ4n) is 2.46. The van der Waals surface area contributed by atoms with Crippen LogP contribution in [0.2, 0.25) is 0 Å². The molecule has 1 aromatic heterocycles. The second kappa shape index (κ2) is 7.64. The van der Waals surface area contributed by atoms with E-state index in [1.54, 1.807) is 0 Å². The van der Waals surface area contributed by atoms with Crippen LogP contribution < -0.4 is 4.74 Å².